The minimum atomic E-state index is -0.228. The Morgan fingerprint density at radius 1 is 1.59 bits per heavy atom. The van der Waals surface area contributed by atoms with Crippen LogP contribution in [0.5, 0.6) is 0 Å². The van der Waals surface area contributed by atoms with Gasteiger partial charge in [0.2, 0.25) is 0 Å². The van der Waals surface area contributed by atoms with Crippen LogP contribution in [0.4, 0.5) is 0 Å². The Labute approximate surface area is 103 Å². The van der Waals surface area contributed by atoms with E-state index in [4.69, 9.17) is 4.74 Å². The van der Waals surface area contributed by atoms with Crippen molar-refractivity contribution in [2.45, 2.75) is 32.8 Å². The van der Waals surface area contributed by atoms with E-state index in [9.17, 15) is 4.79 Å². The Kier molecular flexibility index (Phi) is 2.76. The molecule has 1 aliphatic carbocycles. The maximum Gasteiger partial charge on any atom is 0.334 e. The fourth-order valence-corrected chi connectivity index (χ4v) is 3.24. The number of carbonyl (C=O) groups excluding carboxylic acids is 1. The third kappa shape index (κ3) is 1.76. The Bertz CT molecular complexity index is 407. The number of allylic oxidation sites excluding steroid dienone is 2. The standard InChI is InChI=1S/C15H20O2/c1-6-15(5)8-13-11(7-12(15)9(2)3)10(4)14(16)17-13/h6,11-13H,1-2,4,7-8H2,3,5H3/t11-,12?,13-,15?/m1/s1. The van der Waals surface area contributed by atoms with Crippen molar-refractivity contribution in [3.63, 3.8) is 0 Å². The van der Waals surface area contributed by atoms with E-state index in [0.29, 0.717) is 11.5 Å². The van der Waals surface area contributed by atoms with Crippen LogP contribution in [-0.4, -0.2) is 12.1 Å². The van der Waals surface area contributed by atoms with Crippen molar-refractivity contribution in [1.29, 1.82) is 0 Å². The second-order valence-corrected chi connectivity index (χ2v) is 5.62. The zero-order valence-corrected chi connectivity index (χ0v) is 10.7. The average molecular weight is 232 g/mol. The van der Waals surface area contributed by atoms with Crippen LogP contribution in [0.3, 0.4) is 0 Å². The lowest BCUT2D eigenvalue weighted by atomic mass is 9.61. The van der Waals surface area contributed by atoms with Gasteiger partial charge in [-0.15, -0.1) is 6.58 Å². The molecule has 1 heterocycles. The summed E-state index contributed by atoms with van der Waals surface area (Å²) in [4.78, 5) is 11.5. The number of carbonyl (C=O) groups is 1. The van der Waals surface area contributed by atoms with Gasteiger partial charge in [0.25, 0.3) is 0 Å². The topological polar surface area (TPSA) is 26.3 Å². The van der Waals surface area contributed by atoms with Gasteiger partial charge in [-0.2, -0.15) is 0 Å². The molecule has 2 rings (SSSR count). The molecule has 2 unspecified atom stereocenters. The van der Waals surface area contributed by atoms with Gasteiger partial charge in [0.1, 0.15) is 6.10 Å². The summed E-state index contributed by atoms with van der Waals surface area (Å²) in [5.41, 5.74) is 1.75. The van der Waals surface area contributed by atoms with Crippen molar-refractivity contribution >= 4 is 5.97 Å². The lowest BCUT2D eigenvalue weighted by Crippen LogP contribution is -2.40. The molecule has 0 aromatic rings. The quantitative estimate of drug-likeness (QED) is 0.415. The van der Waals surface area contributed by atoms with Crippen molar-refractivity contribution < 1.29 is 9.53 Å². The van der Waals surface area contributed by atoms with Gasteiger partial charge >= 0.3 is 5.97 Å². The van der Waals surface area contributed by atoms with Gasteiger partial charge in [-0.05, 0) is 31.1 Å². The molecule has 0 aromatic heterocycles. The zero-order chi connectivity index (χ0) is 12.8. The summed E-state index contributed by atoms with van der Waals surface area (Å²) >= 11 is 0. The molecule has 2 heteroatoms. The summed E-state index contributed by atoms with van der Waals surface area (Å²) in [5, 5.41) is 0. The molecule has 0 N–H and O–H groups in total. The molecule has 17 heavy (non-hydrogen) atoms. The smallest absolute Gasteiger partial charge is 0.334 e. The number of ether oxygens (including phenoxy) is 1. The van der Waals surface area contributed by atoms with Crippen LogP contribution < -0.4 is 0 Å². The van der Waals surface area contributed by atoms with E-state index in [1.54, 1.807) is 0 Å². The number of rotatable bonds is 2. The van der Waals surface area contributed by atoms with E-state index in [-0.39, 0.29) is 23.4 Å². The Morgan fingerprint density at radius 2 is 2.24 bits per heavy atom. The molecule has 2 fully saturated rings. The first kappa shape index (κ1) is 12.2. The first-order valence-corrected chi connectivity index (χ1v) is 6.08. The van der Waals surface area contributed by atoms with Crippen LogP contribution in [0.1, 0.15) is 26.7 Å². The number of esters is 1. The van der Waals surface area contributed by atoms with Crippen LogP contribution >= 0.6 is 0 Å². The molecule has 1 saturated carbocycles. The van der Waals surface area contributed by atoms with Crippen LogP contribution in [0.15, 0.2) is 37.0 Å². The van der Waals surface area contributed by atoms with Crippen LogP contribution in [0.25, 0.3) is 0 Å². The molecule has 92 valence electrons. The lowest BCUT2D eigenvalue weighted by molar-refractivity contribution is -0.141. The molecular weight excluding hydrogens is 212 g/mol. The zero-order valence-electron chi connectivity index (χ0n) is 10.7. The maximum atomic E-state index is 11.5. The first-order valence-electron chi connectivity index (χ1n) is 6.08. The molecular formula is C15H20O2. The van der Waals surface area contributed by atoms with Gasteiger partial charge < -0.3 is 4.74 Å². The van der Waals surface area contributed by atoms with Crippen molar-refractivity contribution in [3.05, 3.63) is 37.0 Å². The summed E-state index contributed by atoms with van der Waals surface area (Å²) in [6.45, 7) is 16.1. The SMILES string of the molecule is C=CC1(C)C[C@H]2OC(=O)C(=C)[C@H]2CC1C(=C)C. The molecule has 0 radical (unpaired) electrons. The minimum Gasteiger partial charge on any atom is -0.458 e. The van der Waals surface area contributed by atoms with Gasteiger partial charge in [0.05, 0.1) is 0 Å². The highest BCUT2D eigenvalue weighted by Gasteiger charge is 2.50. The molecule has 2 aliphatic rings. The highest BCUT2D eigenvalue weighted by atomic mass is 16.6. The number of hydrogen-bond donors (Lipinski definition) is 0. The second kappa shape index (κ2) is 3.86. The predicted octanol–water partition coefficient (Wildman–Crippen LogP) is 3.26. The van der Waals surface area contributed by atoms with Crippen molar-refractivity contribution in [2.75, 3.05) is 0 Å². The van der Waals surface area contributed by atoms with Gasteiger partial charge in [0, 0.05) is 11.5 Å². The summed E-state index contributed by atoms with van der Waals surface area (Å²) in [7, 11) is 0. The maximum absolute atomic E-state index is 11.5. The number of fused-ring (bicyclic) bond motifs is 1. The Balaban J connectivity index is 2.32. The second-order valence-electron chi connectivity index (χ2n) is 5.62. The molecule has 1 saturated heterocycles. The van der Waals surface area contributed by atoms with E-state index >= 15 is 0 Å². The fourth-order valence-electron chi connectivity index (χ4n) is 3.24. The van der Waals surface area contributed by atoms with Crippen molar-refractivity contribution in [1.82, 2.24) is 0 Å². The minimum absolute atomic E-state index is 0.0198. The van der Waals surface area contributed by atoms with Crippen LogP contribution in [0, 0.1) is 17.3 Å². The summed E-state index contributed by atoms with van der Waals surface area (Å²) < 4.78 is 5.39. The van der Waals surface area contributed by atoms with Crippen molar-refractivity contribution in [2.24, 2.45) is 17.3 Å². The summed E-state index contributed by atoms with van der Waals surface area (Å²) in [6.07, 6.45) is 3.68. The van der Waals surface area contributed by atoms with Gasteiger partial charge in [0.15, 0.2) is 0 Å². The Morgan fingerprint density at radius 3 is 2.76 bits per heavy atom. The molecule has 0 spiro atoms. The van der Waals surface area contributed by atoms with E-state index in [0.717, 1.165) is 18.4 Å². The lowest BCUT2D eigenvalue weighted by Gasteiger charge is -2.44. The molecule has 0 amide bonds. The molecule has 1 aliphatic heterocycles. The van der Waals surface area contributed by atoms with E-state index < -0.39 is 0 Å². The van der Waals surface area contributed by atoms with Crippen LogP contribution in [0.2, 0.25) is 0 Å². The predicted molar refractivity (Wildman–Crippen MR) is 68.4 cm³/mol. The van der Waals surface area contributed by atoms with Crippen LogP contribution in [-0.2, 0) is 9.53 Å². The third-order valence-electron chi connectivity index (χ3n) is 4.40. The van der Waals surface area contributed by atoms with Gasteiger partial charge in [-0.3, -0.25) is 0 Å². The first-order chi connectivity index (χ1) is 7.89. The van der Waals surface area contributed by atoms with E-state index in [1.165, 1.54) is 0 Å². The molecule has 2 nitrogen and oxygen atoms in total. The van der Waals surface area contributed by atoms with Gasteiger partial charge in [-0.1, -0.05) is 31.7 Å². The normalized spacial score (nSPS) is 40.7. The monoisotopic (exact) mass is 232 g/mol. The summed E-state index contributed by atoms with van der Waals surface area (Å²) in [6, 6.07) is 0. The summed E-state index contributed by atoms with van der Waals surface area (Å²) in [5.74, 6) is 0.290. The molecule has 0 bridgehead atoms. The van der Waals surface area contributed by atoms with E-state index in [1.807, 2.05) is 13.0 Å². The molecule has 0 aromatic carbocycles. The molecule has 4 atom stereocenters. The Hall–Kier alpha value is -1.31. The largest absolute Gasteiger partial charge is 0.458 e. The third-order valence-corrected chi connectivity index (χ3v) is 4.40. The number of hydrogen-bond acceptors (Lipinski definition) is 2. The van der Waals surface area contributed by atoms with Gasteiger partial charge in [-0.25, -0.2) is 4.79 Å². The van der Waals surface area contributed by atoms with Crippen molar-refractivity contribution in [3.8, 4) is 0 Å². The van der Waals surface area contributed by atoms with E-state index in [2.05, 4.69) is 26.7 Å². The highest BCUT2D eigenvalue weighted by molar-refractivity contribution is 5.90. The fraction of sp³-hybridized carbons (Fsp3) is 0.533. The highest BCUT2D eigenvalue weighted by Crippen LogP contribution is 2.51. The average Bonchev–Trinajstić information content (AvgIpc) is 2.53.